The number of carbonyl (C=O) groups excluding carboxylic acids is 2. The summed E-state index contributed by atoms with van der Waals surface area (Å²) in [5.41, 5.74) is 6.89. The van der Waals surface area contributed by atoms with Gasteiger partial charge in [0.05, 0.1) is 5.02 Å². The Labute approximate surface area is 163 Å². The van der Waals surface area contributed by atoms with Gasteiger partial charge in [0, 0.05) is 12.0 Å². The molecule has 7 heteroatoms. The molecule has 0 aliphatic carbocycles. The molecule has 2 N–H and O–H groups in total. The maximum Gasteiger partial charge on any atom is 0.426 e. The van der Waals surface area contributed by atoms with E-state index >= 15 is 0 Å². The van der Waals surface area contributed by atoms with Gasteiger partial charge in [-0.05, 0) is 51.0 Å². The van der Waals surface area contributed by atoms with Gasteiger partial charge < -0.3 is 4.74 Å². The van der Waals surface area contributed by atoms with Crippen LogP contribution in [-0.4, -0.2) is 18.6 Å². The van der Waals surface area contributed by atoms with Gasteiger partial charge in [0.1, 0.15) is 12.4 Å². The predicted molar refractivity (Wildman–Crippen MR) is 105 cm³/mol. The topological polar surface area (TPSA) is 67.4 Å². The molecule has 0 heterocycles. The van der Waals surface area contributed by atoms with Crippen molar-refractivity contribution in [3.8, 4) is 0 Å². The molecule has 1 aromatic carbocycles. The van der Waals surface area contributed by atoms with Crippen LogP contribution in [0.15, 0.2) is 48.1 Å². The summed E-state index contributed by atoms with van der Waals surface area (Å²) in [4.78, 5) is 23.4. The van der Waals surface area contributed by atoms with Gasteiger partial charge >= 0.3 is 6.09 Å². The Balaban J connectivity index is 2.44. The number of ether oxygens (including phenoxy) is 1. The van der Waals surface area contributed by atoms with E-state index in [-0.39, 0.29) is 17.5 Å². The van der Waals surface area contributed by atoms with Crippen LogP contribution in [0.4, 0.5) is 9.18 Å². The van der Waals surface area contributed by atoms with Crippen LogP contribution in [0.3, 0.4) is 0 Å². The van der Waals surface area contributed by atoms with Gasteiger partial charge in [-0.15, -0.1) is 0 Å². The average molecular weight is 395 g/mol. The molecule has 0 saturated heterocycles. The molecule has 1 rings (SSSR count). The van der Waals surface area contributed by atoms with Crippen LogP contribution in [0, 0.1) is 11.7 Å². The fourth-order valence-corrected chi connectivity index (χ4v) is 2.19. The quantitative estimate of drug-likeness (QED) is 0.396. The Bertz CT molecular complexity index is 756. The molecule has 0 aliphatic heterocycles. The molecule has 2 amide bonds. The van der Waals surface area contributed by atoms with E-state index in [0.717, 1.165) is 24.1 Å². The van der Waals surface area contributed by atoms with Crippen molar-refractivity contribution >= 4 is 29.7 Å². The predicted octanol–water partition coefficient (Wildman–Crippen LogP) is 4.80. The molecule has 0 aromatic heterocycles. The van der Waals surface area contributed by atoms with Crippen molar-refractivity contribution in [2.75, 3.05) is 6.61 Å². The molecule has 0 spiro atoms. The van der Waals surface area contributed by atoms with Crippen molar-refractivity contribution in [1.82, 2.24) is 10.9 Å². The number of benzene rings is 1. The van der Waals surface area contributed by atoms with Crippen LogP contribution in [0.2, 0.25) is 5.02 Å². The zero-order valence-electron chi connectivity index (χ0n) is 15.6. The van der Waals surface area contributed by atoms with Gasteiger partial charge in [-0.25, -0.2) is 14.6 Å². The first-order valence-electron chi connectivity index (χ1n) is 8.33. The van der Waals surface area contributed by atoms with E-state index < -0.39 is 17.8 Å². The molecule has 5 nitrogen and oxygen atoms in total. The molecule has 1 unspecified atom stereocenters. The van der Waals surface area contributed by atoms with Crippen LogP contribution < -0.4 is 10.9 Å². The summed E-state index contributed by atoms with van der Waals surface area (Å²) in [5, 5.41) is 0.175. The largest absolute Gasteiger partial charge is 0.448 e. The van der Waals surface area contributed by atoms with Crippen LogP contribution >= 0.6 is 11.6 Å². The lowest BCUT2D eigenvalue weighted by atomic mass is 9.98. The summed E-state index contributed by atoms with van der Waals surface area (Å²) >= 11 is 5.86. The summed E-state index contributed by atoms with van der Waals surface area (Å²) in [6.07, 6.45) is 4.55. The Hall–Kier alpha value is -2.60. The van der Waals surface area contributed by atoms with E-state index in [9.17, 15) is 14.0 Å². The maximum absolute atomic E-state index is 13.0. The third-order valence-electron chi connectivity index (χ3n) is 3.59. The lowest BCUT2D eigenvalue weighted by Gasteiger charge is -2.16. The van der Waals surface area contributed by atoms with Crippen molar-refractivity contribution in [3.05, 3.63) is 64.5 Å². The second-order valence-electron chi connectivity index (χ2n) is 6.27. The Morgan fingerprint density at radius 3 is 2.59 bits per heavy atom. The fourth-order valence-electron chi connectivity index (χ4n) is 1.96. The molecule has 0 fully saturated rings. The minimum atomic E-state index is -0.778. The van der Waals surface area contributed by atoms with E-state index in [1.807, 2.05) is 26.8 Å². The lowest BCUT2D eigenvalue weighted by molar-refractivity contribution is -0.117. The third kappa shape index (κ3) is 9.06. The van der Waals surface area contributed by atoms with Gasteiger partial charge in [0.25, 0.3) is 5.91 Å². The zero-order chi connectivity index (χ0) is 20.4. The smallest absolute Gasteiger partial charge is 0.426 e. The van der Waals surface area contributed by atoms with Crippen molar-refractivity contribution in [1.29, 1.82) is 0 Å². The summed E-state index contributed by atoms with van der Waals surface area (Å²) in [6.45, 7) is 9.91. The number of hydrogen-bond acceptors (Lipinski definition) is 3. The van der Waals surface area contributed by atoms with E-state index in [1.54, 1.807) is 0 Å². The minimum Gasteiger partial charge on any atom is -0.448 e. The Morgan fingerprint density at radius 1 is 1.30 bits per heavy atom. The number of carbonyl (C=O) groups is 2. The first-order valence-corrected chi connectivity index (χ1v) is 8.71. The monoisotopic (exact) mass is 394 g/mol. The van der Waals surface area contributed by atoms with E-state index in [0.29, 0.717) is 5.56 Å². The molecular weight excluding hydrogens is 371 g/mol. The summed E-state index contributed by atoms with van der Waals surface area (Å²) < 4.78 is 18.1. The molecule has 0 radical (unpaired) electrons. The number of halogens is 2. The number of nitrogens with one attached hydrogen (secondary N) is 2. The first kappa shape index (κ1) is 22.4. The lowest BCUT2D eigenvalue weighted by Crippen LogP contribution is -2.41. The van der Waals surface area contributed by atoms with E-state index in [2.05, 4.69) is 17.4 Å². The standard InChI is InChI=1S/C20H24ClFN2O3/c1-13(2)5-6-16(14(3)4)12-27-20(26)24-23-19(25)10-8-15-7-9-17(22)11-18(15)21/h5,7-11,16H,3,6,12H2,1-2,4H3,(H,23,25)(H,24,26)/b10-8+. The SMILES string of the molecule is C=C(C)C(CC=C(C)C)COC(=O)NNC(=O)/C=C/c1ccc(F)cc1Cl. The van der Waals surface area contributed by atoms with Gasteiger partial charge in [-0.3, -0.25) is 10.2 Å². The second kappa shape index (κ2) is 11.2. The van der Waals surface area contributed by atoms with Crippen LogP contribution in [0.1, 0.15) is 32.8 Å². The number of hydrazine groups is 1. The average Bonchev–Trinajstić information content (AvgIpc) is 2.58. The summed E-state index contributed by atoms with van der Waals surface area (Å²) in [5.74, 6) is -1.06. The normalized spacial score (nSPS) is 11.6. The number of rotatable bonds is 7. The second-order valence-corrected chi connectivity index (χ2v) is 6.68. The number of allylic oxidation sites excluding steroid dienone is 2. The molecule has 0 aliphatic rings. The first-order chi connectivity index (χ1) is 12.7. The van der Waals surface area contributed by atoms with Crippen molar-refractivity contribution in [2.45, 2.75) is 27.2 Å². The molecular formula is C20H24ClFN2O3. The highest BCUT2D eigenvalue weighted by Gasteiger charge is 2.12. The zero-order valence-corrected chi connectivity index (χ0v) is 16.4. The summed E-state index contributed by atoms with van der Waals surface area (Å²) in [6, 6.07) is 3.81. The Morgan fingerprint density at radius 2 is 2.00 bits per heavy atom. The van der Waals surface area contributed by atoms with Crippen molar-refractivity contribution in [3.63, 3.8) is 0 Å². The van der Waals surface area contributed by atoms with Gasteiger partial charge in [0.2, 0.25) is 0 Å². The molecule has 27 heavy (non-hydrogen) atoms. The Kier molecular flexibility index (Phi) is 9.30. The minimum absolute atomic E-state index is 0.00173. The molecule has 146 valence electrons. The van der Waals surface area contributed by atoms with E-state index in [4.69, 9.17) is 16.3 Å². The van der Waals surface area contributed by atoms with Gasteiger partial charge in [-0.2, -0.15) is 0 Å². The third-order valence-corrected chi connectivity index (χ3v) is 3.92. The van der Waals surface area contributed by atoms with E-state index in [1.165, 1.54) is 23.8 Å². The highest BCUT2D eigenvalue weighted by molar-refractivity contribution is 6.32. The molecule has 1 aromatic rings. The van der Waals surface area contributed by atoms with Crippen molar-refractivity contribution < 1.29 is 18.7 Å². The fraction of sp³-hybridized carbons (Fsp3) is 0.300. The number of amides is 2. The van der Waals surface area contributed by atoms with Gasteiger partial charge in [-0.1, -0.05) is 41.5 Å². The van der Waals surface area contributed by atoms with Gasteiger partial charge in [0.15, 0.2) is 0 Å². The molecule has 1 atom stereocenters. The maximum atomic E-state index is 13.0. The highest BCUT2D eigenvalue weighted by atomic mass is 35.5. The highest BCUT2D eigenvalue weighted by Crippen LogP contribution is 2.18. The molecule has 0 bridgehead atoms. The van der Waals surface area contributed by atoms with Crippen LogP contribution in [-0.2, 0) is 9.53 Å². The summed E-state index contributed by atoms with van der Waals surface area (Å²) in [7, 11) is 0. The number of hydrogen-bond donors (Lipinski definition) is 2. The molecule has 0 saturated carbocycles. The van der Waals surface area contributed by atoms with Crippen LogP contribution in [0.25, 0.3) is 6.08 Å². The van der Waals surface area contributed by atoms with Crippen LogP contribution in [0.5, 0.6) is 0 Å². The van der Waals surface area contributed by atoms with Crippen molar-refractivity contribution in [2.24, 2.45) is 5.92 Å².